The largest absolute Gasteiger partial charge is 0.485 e. The normalized spacial score (nSPS) is 39.4. The number of amides is 2. The first-order valence-corrected chi connectivity index (χ1v) is 10.9. The Hall–Kier alpha value is -1.79. The molecule has 2 saturated heterocycles. The maximum absolute atomic E-state index is 13.0. The molecule has 1 aromatic rings. The predicted octanol–water partition coefficient (Wildman–Crippen LogP) is 2.50. The molecule has 28 heavy (non-hydrogen) atoms. The smallest absolute Gasteiger partial charge is 0.315 e. The number of carbonyl (C=O) groups is 1. The molecule has 1 aromatic carbocycles. The van der Waals surface area contributed by atoms with E-state index < -0.39 is 0 Å². The summed E-state index contributed by atoms with van der Waals surface area (Å²) in [5, 5.41) is 10.1. The van der Waals surface area contributed by atoms with Gasteiger partial charge in [-0.1, -0.05) is 24.6 Å². The molecule has 6 rings (SSSR count). The molecule has 5 aliphatic rings. The highest BCUT2D eigenvalue weighted by Crippen LogP contribution is 2.62. The van der Waals surface area contributed by atoms with Crippen LogP contribution >= 0.6 is 0 Å². The molecule has 6 heteroatoms. The van der Waals surface area contributed by atoms with E-state index in [4.69, 9.17) is 9.47 Å². The fourth-order valence-electron chi connectivity index (χ4n) is 6.53. The number of ether oxygens (including phenoxy) is 2. The van der Waals surface area contributed by atoms with Gasteiger partial charge < -0.3 is 25.4 Å². The van der Waals surface area contributed by atoms with Crippen LogP contribution in [0.1, 0.15) is 50.1 Å². The van der Waals surface area contributed by atoms with E-state index in [9.17, 15) is 4.79 Å². The Balaban J connectivity index is 1.19. The molecular formula is C22H29N3O3. The molecule has 2 spiro atoms. The molecule has 6 nitrogen and oxygen atoms in total. The summed E-state index contributed by atoms with van der Waals surface area (Å²) < 4.78 is 12.4. The molecule has 0 radical (unpaired) electrons. The van der Waals surface area contributed by atoms with Crippen LogP contribution in [0, 0.1) is 11.3 Å². The van der Waals surface area contributed by atoms with Crippen LogP contribution in [0.4, 0.5) is 4.79 Å². The Morgan fingerprint density at radius 2 is 2.07 bits per heavy atom. The molecular weight excluding hydrogens is 354 g/mol. The van der Waals surface area contributed by atoms with E-state index >= 15 is 0 Å². The summed E-state index contributed by atoms with van der Waals surface area (Å²) in [6, 6.07) is 8.35. The van der Waals surface area contributed by atoms with E-state index in [2.05, 4.69) is 22.0 Å². The number of para-hydroxylation sites is 1. The monoisotopic (exact) mass is 383 g/mol. The van der Waals surface area contributed by atoms with Gasteiger partial charge in [0.1, 0.15) is 11.4 Å². The van der Waals surface area contributed by atoms with E-state index in [0.717, 1.165) is 50.3 Å². The van der Waals surface area contributed by atoms with Crippen molar-refractivity contribution in [3.63, 3.8) is 0 Å². The van der Waals surface area contributed by atoms with Gasteiger partial charge in [-0.2, -0.15) is 0 Å². The Bertz CT molecular complexity index is 787. The number of urea groups is 1. The van der Waals surface area contributed by atoms with Crippen LogP contribution in [0.25, 0.3) is 0 Å². The predicted molar refractivity (Wildman–Crippen MR) is 104 cm³/mol. The highest BCUT2D eigenvalue weighted by atomic mass is 16.5. The van der Waals surface area contributed by atoms with E-state index in [1.807, 2.05) is 18.2 Å². The lowest BCUT2D eigenvalue weighted by molar-refractivity contribution is -0.172. The quantitative estimate of drug-likeness (QED) is 0.734. The minimum atomic E-state index is -0.206. The first-order chi connectivity index (χ1) is 13.7. The van der Waals surface area contributed by atoms with Crippen molar-refractivity contribution >= 4 is 6.03 Å². The fraction of sp³-hybridized carbons (Fsp3) is 0.682. The van der Waals surface area contributed by atoms with Crippen LogP contribution in [0.3, 0.4) is 0 Å². The van der Waals surface area contributed by atoms with Crippen molar-refractivity contribution in [3.05, 3.63) is 29.8 Å². The van der Waals surface area contributed by atoms with Gasteiger partial charge >= 0.3 is 6.03 Å². The van der Waals surface area contributed by atoms with Gasteiger partial charge in [-0.15, -0.1) is 0 Å². The van der Waals surface area contributed by atoms with E-state index in [0.29, 0.717) is 12.0 Å². The highest BCUT2D eigenvalue weighted by Gasteiger charge is 2.67. The molecule has 3 N–H and O–H groups in total. The van der Waals surface area contributed by atoms with E-state index in [1.165, 1.54) is 19.3 Å². The molecule has 0 aromatic heterocycles. The van der Waals surface area contributed by atoms with E-state index in [1.54, 1.807) is 0 Å². The van der Waals surface area contributed by atoms with Gasteiger partial charge in [-0.25, -0.2) is 4.79 Å². The highest BCUT2D eigenvalue weighted by molar-refractivity contribution is 5.75. The van der Waals surface area contributed by atoms with Gasteiger partial charge in [-0.3, -0.25) is 0 Å². The average molecular weight is 383 g/mol. The lowest BCUT2D eigenvalue weighted by Crippen LogP contribution is -2.72. The average Bonchev–Trinajstić information content (AvgIpc) is 3.27. The molecule has 3 heterocycles. The Morgan fingerprint density at radius 1 is 1.18 bits per heavy atom. The second-order valence-electron chi connectivity index (χ2n) is 9.43. The molecule has 4 fully saturated rings. The SMILES string of the molecule is O=C(NC1CC2(CCNC2)Oc2ccccc21)NC1C2CCOC2C12CCC2. The molecule has 5 unspecified atom stereocenters. The number of hydrogen-bond acceptors (Lipinski definition) is 4. The topological polar surface area (TPSA) is 71.6 Å². The van der Waals surface area contributed by atoms with Crippen molar-refractivity contribution in [1.82, 2.24) is 16.0 Å². The first kappa shape index (κ1) is 17.1. The lowest BCUT2D eigenvalue weighted by Gasteiger charge is -2.63. The van der Waals surface area contributed by atoms with Gasteiger partial charge in [0.15, 0.2) is 0 Å². The zero-order valence-corrected chi connectivity index (χ0v) is 16.2. The van der Waals surface area contributed by atoms with Gasteiger partial charge in [0.25, 0.3) is 0 Å². The van der Waals surface area contributed by atoms with Gasteiger partial charge in [0, 0.05) is 48.9 Å². The van der Waals surface area contributed by atoms with Gasteiger partial charge in [-0.05, 0) is 31.9 Å². The first-order valence-electron chi connectivity index (χ1n) is 10.9. The zero-order chi connectivity index (χ0) is 18.8. The third-order valence-electron chi connectivity index (χ3n) is 8.03. The summed E-state index contributed by atoms with van der Waals surface area (Å²) in [6.07, 6.45) is 6.88. The number of hydrogen-bond donors (Lipinski definition) is 3. The summed E-state index contributed by atoms with van der Waals surface area (Å²) in [6.45, 7) is 2.66. The zero-order valence-electron chi connectivity index (χ0n) is 16.2. The van der Waals surface area contributed by atoms with Crippen molar-refractivity contribution in [2.45, 2.75) is 62.3 Å². The van der Waals surface area contributed by atoms with Crippen LogP contribution in [0.5, 0.6) is 5.75 Å². The standard InChI is InChI=1S/C22H29N3O3/c26-20(25-18-15-6-11-27-19(15)22(18)7-3-8-22)24-16-12-21(9-10-23-13-21)28-17-5-2-1-4-14(16)17/h1-2,4-5,15-16,18-19,23H,3,6-13H2,(H2,24,25,26). The van der Waals surface area contributed by atoms with Gasteiger partial charge in [0.05, 0.1) is 12.1 Å². The summed E-state index contributed by atoms with van der Waals surface area (Å²) in [7, 11) is 0. The number of benzene rings is 1. The Labute approximate surface area is 165 Å². The molecule has 0 bridgehead atoms. The van der Waals surface area contributed by atoms with Crippen LogP contribution in [-0.2, 0) is 4.74 Å². The van der Waals surface area contributed by atoms with Crippen LogP contribution in [-0.4, -0.2) is 43.5 Å². The Kier molecular flexibility index (Phi) is 3.73. The van der Waals surface area contributed by atoms with E-state index in [-0.39, 0.29) is 29.1 Å². The second-order valence-corrected chi connectivity index (χ2v) is 9.43. The van der Waals surface area contributed by atoms with Gasteiger partial charge in [0.2, 0.25) is 0 Å². The lowest BCUT2D eigenvalue weighted by atomic mass is 9.46. The summed E-state index contributed by atoms with van der Waals surface area (Å²) >= 11 is 0. The third-order valence-corrected chi connectivity index (χ3v) is 8.03. The van der Waals surface area contributed by atoms with Crippen molar-refractivity contribution in [1.29, 1.82) is 0 Å². The summed E-state index contributed by atoms with van der Waals surface area (Å²) in [5.41, 5.74) is 1.09. The molecule has 2 saturated carbocycles. The molecule has 3 aliphatic heterocycles. The van der Waals surface area contributed by atoms with Crippen LogP contribution in [0.15, 0.2) is 24.3 Å². The maximum Gasteiger partial charge on any atom is 0.315 e. The minimum absolute atomic E-state index is 0.0158. The number of rotatable bonds is 2. The summed E-state index contributed by atoms with van der Waals surface area (Å²) in [5.74, 6) is 1.41. The number of nitrogens with one attached hydrogen (secondary N) is 3. The maximum atomic E-state index is 13.0. The molecule has 150 valence electrons. The van der Waals surface area contributed by atoms with Crippen molar-refractivity contribution in [2.75, 3.05) is 19.7 Å². The second kappa shape index (κ2) is 6.10. The molecule has 2 amide bonds. The molecule has 2 aliphatic carbocycles. The number of carbonyl (C=O) groups excluding carboxylic acids is 1. The van der Waals surface area contributed by atoms with Crippen molar-refractivity contribution < 1.29 is 14.3 Å². The van der Waals surface area contributed by atoms with Crippen molar-refractivity contribution in [3.8, 4) is 5.75 Å². The fourth-order valence-corrected chi connectivity index (χ4v) is 6.53. The Morgan fingerprint density at radius 3 is 2.86 bits per heavy atom. The molecule has 5 atom stereocenters. The minimum Gasteiger partial charge on any atom is -0.485 e. The third kappa shape index (κ3) is 2.37. The van der Waals surface area contributed by atoms with Crippen LogP contribution < -0.4 is 20.7 Å². The summed E-state index contributed by atoms with van der Waals surface area (Å²) in [4.78, 5) is 13.0. The van der Waals surface area contributed by atoms with Crippen LogP contribution in [0.2, 0.25) is 0 Å². The number of fused-ring (bicyclic) bond motifs is 3. The van der Waals surface area contributed by atoms with Crippen molar-refractivity contribution in [2.24, 2.45) is 11.3 Å².